The maximum atomic E-state index is 14.2. The Morgan fingerprint density at radius 1 is 1.14 bits per heavy atom. The fraction of sp³-hybridized carbons (Fsp3) is 0.444. The van der Waals surface area contributed by atoms with E-state index in [0.29, 0.717) is 24.0 Å². The highest BCUT2D eigenvalue weighted by molar-refractivity contribution is 6.06. The molecule has 1 aliphatic heterocycles. The predicted molar refractivity (Wildman–Crippen MR) is 135 cm³/mol. The number of amides is 2. The number of benzene rings is 1. The topological polar surface area (TPSA) is 85.2 Å². The van der Waals surface area contributed by atoms with Gasteiger partial charge < -0.3 is 19.2 Å². The van der Waals surface area contributed by atoms with Gasteiger partial charge in [0.25, 0.3) is 5.91 Å². The van der Waals surface area contributed by atoms with E-state index in [4.69, 9.17) is 14.5 Å². The monoisotopic (exact) mass is 514 g/mol. The summed E-state index contributed by atoms with van der Waals surface area (Å²) in [5.41, 5.74) is 0.589. The molecule has 37 heavy (non-hydrogen) atoms. The van der Waals surface area contributed by atoms with E-state index < -0.39 is 23.1 Å². The zero-order valence-electron chi connectivity index (χ0n) is 21.7. The number of hydrogen-bond donors (Lipinski definition) is 1. The molecule has 1 atom stereocenters. The number of fused-ring (bicyclic) bond motifs is 1. The second-order valence-electron chi connectivity index (χ2n) is 10.4. The first-order valence-electron chi connectivity index (χ1n) is 12.4. The summed E-state index contributed by atoms with van der Waals surface area (Å²) in [6.07, 6.45) is 5.25. The van der Waals surface area contributed by atoms with E-state index in [9.17, 15) is 18.4 Å². The smallest absolute Gasteiger partial charge is 0.410 e. The average Bonchev–Trinajstić information content (AvgIpc) is 3.21. The zero-order chi connectivity index (χ0) is 26.9. The highest BCUT2D eigenvalue weighted by Gasteiger charge is 2.33. The first kappa shape index (κ1) is 26.4. The number of pyridine rings is 1. The highest BCUT2D eigenvalue weighted by Crippen LogP contribution is 2.33. The van der Waals surface area contributed by atoms with Gasteiger partial charge in [-0.1, -0.05) is 0 Å². The first-order valence-corrected chi connectivity index (χ1v) is 12.4. The van der Waals surface area contributed by atoms with Crippen LogP contribution in [0.4, 0.5) is 19.3 Å². The van der Waals surface area contributed by atoms with Crippen molar-refractivity contribution in [2.75, 3.05) is 11.9 Å². The van der Waals surface area contributed by atoms with Crippen LogP contribution in [0.5, 0.6) is 5.75 Å². The average molecular weight is 515 g/mol. The number of ether oxygens (including phenoxy) is 2. The first-order chi connectivity index (χ1) is 17.4. The molecule has 3 aromatic rings. The number of aromatic nitrogens is 2. The Morgan fingerprint density at radius 2 is 1.89 bits per heavy atom. The molecule has 8 nitrogen and oxygen atoms in total. The van der Waals surface area contributed by atoms with E-state index in [1.54, 1.807) is 27.8 Å². The van der Waals surface area contributed by atoms with Gasteiger partial charge in [0.1, 0.15) is 28.6 Å². The molecule has 0 bridgehead atoms. The van der Waals surface area contributed by atoms with Crippen molar-refractivity contribution in [2.24, 2.45) is 0 Å². The molecule has 1 aliphatic rings. The number of likely N-dealkylation sites (tertiary alicyclic amines) is 1. The molecule has 4 rings (SSSR count). The van der Waals surface area contributed by atoms with Crippen LogP contribution in [-0.4, -0.2) is 44.5 Å². The molecule has 0 saturated carbocycles. The normalized spacial score (nSPS) is 16.2. The maximum absolute atomic E-state index is 14.2. The van der Waals surface area contributed by atoms with Crippen LogP contribution in [-0.2, 0) is 4.74 Å². The zero-order valence-corrected chi connectivity index (χ0v) is 21.7. The van der Waals surface area contributed by atoms with Crippen LogP contribution in [0.3, 0.4) is 0 Å². The van der Waals surface area contributed by atoms with Crippen LogP contribution >= 0.6 is 0 Å². The van der Waals surface area contributed by atoms with Crippen molar-refractivity contribution >= 4 is 23.3 Å². The Labute approximate surface area is 214 Å². The molecule has 1 unspecified atom stereocenters. The fourth-order valence-corrected chi connectivity index (χ4v) is 4.28. The minimum Gasteiger partial charge on any atom is -0.490 e. The van der Waals surface area contributed by atoms with Gasteiger partial charge in [-0.3, -0.25) is 9.69 Å². The molecule has 3 heterocycles. The third-order valence-corrected chi connectivity index (χ3v) is 5.83. The van der Waals surface area contributed by atoms with Crippen molar-refractivity contribution in [2.45, 2.75) is 71.6 Å². The lowest BCUT2D eigenvalue weighted by Gasteiger charge is -2.35. The molecular formula is C27H32F2N4O4. The van der Waals surface area contributed by atoms with E-state index in [2.05, 4.69) is 5.32 Å². The molecule has 1 saturated heterocycles. The summed E-state index contributed by atoms with van der Waals surface area (Å²) in [6.45, 7) is 9.69. The minimum absolute atomic E-state index is 0.150. The highest BCUT2D eigenvalue weighted by atomic mass is 19.1. The van der Waals surface area contributed by atoms with E-state index in [0.717, 1.165) is 31.4 Å². The Balaban J connectivity index is 1.69. The lowest BCUT2D eigenvalue weighted by Crippen LogP contribution is -2.42. The molecule has 2 amide bonds. The number of carbonyl (C=O) groups excluding carboxylic acids is 2. The molecule has 10 heteroatoms. The largest absolute Gasteiger partial charge is 0.490 e. The lowest BCUT2D eigenvalue weighted by atomic mass is 10.0. The van der Waals surface area contributed by atoms with Crippen LogP contribution in [0.2, 0.25) is 0 Å². The SMILES string of the molecule is CC(C)Oc1cc2nc(C3CCCCN3C(=O)OC(C)(C)C)cn2cc1C(=O)Nc1ccc(F)cc1F. The molecule has 0 radical (unpaired) electrons. The summed E-state index contributed by atoms with van der Waals surface area (Å²) in [5.74, 6) is -1.97. The minimum atomic E-state index is -0.884. The summed E-state index contributed by atoms with van der Waals surface area (Å²) >= 11 is 0. The van der Waals surface area contributed by atoms with Gasteiger partial charge in [-0.2, -0.15) is 0 Å². The van der Waals surface area contributed by atoms with Crippen molar-refractivity contribution < 1.29 is 27.8 Å². The third-order valence-electron chi connectivity index (χ3n) is 5.83. The van der Waals surface area contributed by atoms with Gasteiger partial charge in [0.05, 0.1) is 29.1 Å². The maximum Gasteiger partial charge on any atom is 0.410 e. The fourth-order valence-electron chi connectivity index (χ4n) is 4.28. The van der Waals surface area contributed by atoms with Gasteiger partial charge in [-0.25, -0.2) is 18.6 Å². The number of anilines is 1. The second kappa shape index (κ2) is 10.4. The number of halogens is 2. The number of carbonyl (C=O) groups is 2. The number of nitrogens with one attached hydrogen (secondary N) is 1. The quantitative estimate of drug-likeness (QED) is 0.444. The van der Waals surface area contributed by atoms with Crippen molar-refractivity contribution in [1.29, 1.82) is 0 Å². The number of piperidine rings is 1. The van der Waals surface area contributed by atoms with Crippen LogP contribution in [0.15, 0.2) is 36.7 Å². The number of rotatable bonds is 5. The molecular weight excluding hydrogens is 482 g/mol. The van der Waals surface area contributed by atoms with E-state index >= 15 is 0 Å². The summed E-state index contributed by atoms with van der Waals surface area (Å²) in [5, 5.41) is 2.48. The van der Waals surface area contributed by atoms with Gasteiger partial charge in [-0.15, -0.1) is 0 Å². The Hall–Kier alpha value is -3.69. The number of nitrogens with zero attached hydrogens (tertiary/aromatic N) is 3. The van der Waals surface area contributed by atoms with Crippen molar-refractivity contribution in [1.82, 2.24) is 14.3 Å². The van der Waals surface area contributed by atoms with E-state index in [-0.39, 0.29) is 35.2 Å². The summed E-state index contributed by atoms with van der Waals surface area (Å²) < 4.78 is 40.6. The molecule has 1 aromatic carbocycles. The van der Waals surface area contributed by atoms with Crippen LogP contribution < -0.4 is 10.1 Å². The molecule has 198 valence electrons. The lowest BCUT2D eigenvalue weighted by molar-refractivity contribution is 0.00905. The standard InChI is InChI=1S/C27H32F2N4O4/c1-16(2)36-23-13-24-30-21(22-8-6-7-11-33(22)26(35)37-27(3,4)5)15-32(24)14-18(23)25(34)31-20-10-9-17(28)12-19(20)29/h9-10,12-16,22H,6-8,11H2,1-5H3,(H,31,34). The van der Waals surface area contributed by atoms with Gasteiger partial charge in [-0.05, 0) is 66.0 Å². The van der Waals surface area contributed by atoms with E-state index in [1.165, 1.54) is 0 Å². The van der Waals surface area contributed by atoms with Crippen molar-refractivity contribution in [3.8, 4) is 5.75 Å². The van der Waals surface area contributed by atoms with Crippen LogP contribution in [0.25, 0.3) is 5.65 Å². The van der Waals surface area contributed by atoms with Crippen LogP contribution in [0.1, 0.15) is 76.0 Å². The van der Waals surface area contributed by atoms with Gasteiger partial charge in [0.15, 0.2) is 0 Å². The summed E-state index contributed by atoms with van der Waals surface area (Å²) in [6, 6.07) is 4.29. The number of imidazole rings is 1. The third kappa shape index (κ3) is 6.18. The summed E-state index contributed by atoms with van der Waals surface area (Å²) in [7, 11) is 0. The van der Waals surface area contributed by atoms with Gasteiger partial charge in [0, 0.05) is 31.1 Å². The van der Waals surface area contributed by atoms with Crippen molar-refractivity contribution in [3.05, 3.63) is 59.6 Å². The molecule has 1 fully saturated rings. The van der Waals surface area contributed by atoms with Crippen LogP contribution in [0, 0.1) is 11.6 Å². The molecule has 2 aromatic heterocycles. The predicted octanol–water partition coefficient (Wildman–Crippen LogP) is 6.11. The van der Waals surface area contributed by atoms with E-state index in [1.807, 2.05) is 34.6 Å². The Morgan fingerprint density at radius 3 is 2.57 bits per heavy atom. The van der Waals surface area contributed by atoms with Gasteiger partial charge in [0.2, 0.25) is 0 Å². The summed E-state index contributed by atoms with van der Waals surface area (Å²) in [4.78, 5) is 32.5. The van der Waals surface area contributed by atoms with Crippen molar-refractivity contribution in [3.63, 3.8) is 0 Å². The Kier molecular flexibility index (Phi) is 7.38. The molecule has 0 spiro atoms. The molecule has 1 N–H and O–H groups in total. The number of hydrogen-bond acceptors (Lipinski definition) is 5. The second-order valence-corrected chi connectivity index (χ2v) is 10.4. The molecule has 0 aliphatic carbocycles. The Bertz CT molecular complexity index is 1320. The van der Waals surface area contributed by atoms with Gasteiger partial charge >= 0.3 is 6.09 Å².